The predicted octanol–water partition coefficient (Wildman–Crippen LogP) is 4.90. The van der Waals surface area contributed by atoms with Gasteiger partial charge >= 0.3 is 0 Å². The molecule has 25 heavy (non-hydrogen) atoms. The van der Waals surface area contributed by atoms with Gasteiger partial charge in [0.25, 0.3) is 0 Å². The molecule has 1 aromatic heterocycles. The Bertz CT molecular complexity index is 872. The molecule has 3 aromatic rings. The monoisotopic (exact) mass is 334 g/mol. The van der Waals surface area contributed by atoms with Crippen molar-refractivity contribution in [2.24, 2.45) is 0 Å². The quantitative estimate of drug-likeness (QED) is 0.695. The van der Waals surface area contributed by atoms with Crippen molar-refractivity contribution in [2.75, 3.05) is 17.7 Å². The van der Waals surface area contributed by atoms with Crippen LogP contribution in [-0.2, 0) is 0 Å². The van der Waals surface area contributed by atoms with E-state index in [1.807, 2.05) is 37.3 Å². The Kier molecular flexibility index (Phi) is 4.84. The topological polar surface area (TPSA) is 59.1 Å². The summed E-state index contributed by atoms with van der Waals surface area (Å²) in [5.41, 5.74) is 5.11. The molecule has 0 fully saturated rings. The Morgan fingerprint density at radius 2 is 1.56 bits per heavy atom. The Hall–Kier alpha value is -3.08. The standard InChI is InChI=1S/C20H22N4O/c1-13-9-14(2)11-16(10-13)22-20-21-15(3)12-19(24-20)23-17-7-5-6-8-18(17)25-4/h5-12H,1-4H3,(H2,21,22,23,24). The number of methoxy groups -OCH3 is 1. The van der Waals surface area contributed by atoms with Gasteiger partial charge < -0.3 is 15.4 Å². The molecular weight excluding hydrogens is 312 g/mol. The molecule has 0 atom stereocenters. The summed E-state index contributed by atoms with van der Waals surface area (Å²) in [6, 6.07) is 15.9. The lowest BCUT2D eigenvalue weighted by atomic mass is 10.1. The second kappa shape index (κ2) is 7.21. The number of benzene rings is 2. The molecule has 1 heterocycles. The number of nitrogens with one attached hydrogen (secondary N) is 2. The van der Waals surface area contributed by atoms with Crippen LogP contribution in [-0.4, -0.2) is 17.1 Å². The average molecular weight is 334 g/mol. The second-order valence-electron chi connectivity index (χ2n) is 6.04. The summed E-state index contributed by atoms with van der Waals surface area (Å²) in [7, 11) is 1.65. The van der Waals surface area contributed by atoms with Gasteiger partial charge in [-0.3, -0.25) is 0 Å². The fraction of sp³-hybridized carbons (Fsp3) is 0.200. The molecule has 0 aliphatic heterocycles. The Balaban J connectivity index is 1.87. The molecule has 0 amide bonds. The third-order valence-electron chi connectivity index (χ3n) is 3.70. The summed E-state index contributed by atoms with van der Waals surface area (Å²) in [4.78, 5) is 9.05. The first kappa shape index (κ1) is 16.8. The van der Waals surface area contributed by atoms with E-state index in [0.29, 0.717) is 11.8 Å². The van der Waals surface area contributed by atoms with Gasteiger partial charge in [-0.15, -0.1) is 0 Å². The lowest BCUT2D eigenvalue weighted by molar-refractivity contribution is 0.417. The summed E-state index contributed by atoms with van der Waals surface area (Å²) >= 11 is 0. The van der Waals surface area contributed by atoms with Crippen molar-refractivity contribution in [3.63, 3.8) is 0 Å². The van der Waals surface area contributed by atoms with Gasteiger partial charge in [-0.2, -0.15) is 4.98 Å². The van der Waals surface area contributed by atoms with Crippen LogP contribution in [0.15, 0.2) is 48.5 Å². The molecule has 0 unspecified atom stereocenters. The van der Waals surface area contributed by atoms with Crippen molar-refractivity contribution in [2.45, 2.75) is 20.8 Å². The molecule has 128 valence electrons. The van der Waals surface area contributed by atoms with Crippen LogP contribution < -0.4 is 15.4 Å². The summed E-state index contributed by atoms with van der Waals surface area (Å²) < 4.78 is 5.38. The molecule has 2 aromatic carbocycles. The van der Waals surface area contributed by atoms with Crippen LogP contribution in [0, 0.1) is 20.8 Å². The van der Waals surface area contributed by atoms with Crippen LogP contribution >= 0.6 is 0 Å². The molecule has 0 radical (unpaired) electrons. The Morgan fingerprint density at radius 3 is 2.28 bits per heavy atom. The van der Waals surface area contributed by atoms with Crippen LogP contribution in [0.3, 0.4) is 0 Å². The van der Waals surface area contributed by atoms with Gasteiger partial charge in [-0.05, 0) is 56.2 Å². The molecule has 0 aliphatic carbocycles. The van der Waals surface area contributed by atoms with Crippen LogP contribution in [0.4, 0.5) is 23.1 Å². The average Bonchev–Trinajstić information content (AvgIpc) is 2.53. The predicted molar refractivity (Wildman–Crippen MR) is 102 cm³/mol. The molecule has 0 saturated heterocycles. The first-order valence-corrected chi connectivity index (χ1v) is 8.14. The molecule has 0 aliphatic rings. The molecule has 0 spiro atoms. The molecule has 0 saturated carbocycles. The normalized spacial score (nSPS) is 10.4. The smallest absolute Gasteiger partial charge is 0.229 e. The van der Waals surface area contributed by atoms with Gasteiger partial charge in [0.15, 0.2) is 0 Å². The maximum atomic E-state index is 5.38. The summed E-state index contributed by atoms with van der Waals surface area (Å²) in [5, 5.41) is 6.58. The van der Waals surface area contributed by atoms with Gasteiger partial charge in [0.05, 0.1) is 12.8 Å². The van der Waals surface area contributed by atoms with Crippen molar-refractivity contribution in [3.8, 4) is 5.75 Å². The Morgan fingerprint density at radius 1 is 0.840 bits per heavy atom. The van der Waals surface area contributed by atoms with E-state index in [1.54, 1.807) is 7.11 Å². The lowest BCUT2D eigenvalue weighted by Crippen LogP contribution is -2.03. The number of aryl methyl sites for hydroxylation is 3. The van der Waals surface area contributed by atoms with E-state index in [1.165, 1.54) is 11.1 Å². The third kappa shape index (κ3) is 4.26. The van der Waals surface area contributed by atoms with Crippen LogP contribution in [0.1, 0.15) is 16.8 Å². The van der Waals surface area contributed by atoms with Gasteiger partial charge in [0, 0.05) is 17.4 Å². The minimum absolute atomic E-state index is 0.558. The van der Waals surface area contributed by atoms with E-state index in [0.717, 1.165) is 22.8 Å². The summed E-state index contributed by atoms with van der Waals surface area (Å²) in [5.74, 6) is 2.04. The molecule has 5 nitrogen and oxygen atoms in total. The summed E-state index contributed by atoms with van der Waals surface area (Å²) in [6.45, 7) is 6.09. The number of anilines is 4. The van der Waals surface area contributed by atoms with Gasteiger partial charge in [-0.25, -0.2) is 4.98 Å². The number of para-hydroxylation sites is 2. The van der Waals surface area contributed by atoms with Crippen LogP contribution in [0.25, 0.3) is 0 Å². The summed E-state index contributed by atoms with van der Waals surface area (Å²) in [6.07, 6.45) is 0. The fourth-order valence-electron chi connectivity index (χ4n) is 2.75. The van der Waals surface area contributed by atoms with Gasteiger partial charge in [0.1, 0.15) is 11.6 Å². The maximum absolute atomic E-state index is 5.38. The number of rotatable bonds is 5. The van der Waals surface area contributed by atoms with Crippen LogP contribution in [0.2, 0.25) is 0 Å². The molecular formula is C20H22N4O. The van der Waals surface area contributed by atoms with E-state index in [-0.39, 0.29) is 0 Å². The van der Waals surface area contributed by atoms with Crippen molar-refractivity contribution in [1.29, 1.82) is 0 Å². The first-order chi connectivity index (χ1) is 12.0. The highest BCUT2D eigenvalue weighted by molar-refractivity contribution is 5.65. The largest absolute Gasteiger partial charge is 0.495 e. The van der Waals surface area contributed by atoms with E-state index >= 15 is 0 Å². The van der Waals surface area contributed by atoms with Gasteiger partial charge in [-0.1, -0.05) is 18.2 Å². The minimum atomic E-state index is 0.558. The highest BCUT2D eigenvalue weighted by atomic mass is 16.5. The fourth-order valence-corrected chi connectivity index (χ4v) is 2.75. The van der Waals surface area contributed by atoms with Crippen molar-refractivity contribution < 1.29 is 4.74 Å². The zero-order chi connectivity index (χ0) is 17.8. The number of ether oxygens (including phenoxy) is 1. The number of hydrogen-bond acceptors (Lipinski definition) is 5. The molecule has 5 heteroatoms. The number of hydrogen-bond donors (Lipinski definition) is 2. The van der Waals surface area contributed by atoms with Crippen molar-refractivity contribution in [1.82, 2.24) is 9.97 Å². The zero-order valence-electron chi connectivity index (χ0n) is 14.9. The highest BCUT2D eigenvalue weighted by Crippen LogP contribution is 2.27. The van der Waals surface area contributed by atoms with E-state index in [4.69, 9.17) is 4.74 Å². The van der Waals surface area contributed by atoms with E-state index in [2.05, 4.69) is 52.6 Å². The molecule has 3 rings (SSSR count). The minimum Gasteiger partial charge on any atom is -0.495 e. The van der Waals surface area contributed by atoms with E-state index < -0.39 is 0 Å². The van der Waals surface area contributed by atoms with Crippen LogP contribution in [0.5, 0.6) is 5.75 Å². The maximum Gasteiger partial charge on any atom is 0.229 e. The second-order valence-corrected chi connectivity index (χ2v) is 6.04. The highest BCUT2D eigenvalue weighted by Gasteiger charge is 2.07. The molecule has 0 bridgehead atoms. The van der Waals surface area contributed by atoms with Crippen molar-refractivity contribution in [3.05, 3.63) is 65.4 Å². The lowest BCUT2D eigenvalue weighted by Gasteiger charge is -2.13. The first-order valence-electron chi connectivity index (χ1n) is 8.14. The Labute approximate surface area is 148 Å². The number of aromatic nitrogens is 2. The van der Waals surface area contributed by atoms with Gasteiger partial charge in [0.2, 0.25) is 5.95 Å². The van der Waals surface area contributed by atoms with Crippen molar-refractivity contribution >= 4 is 23.1 Å². The zero-order valence-corrected chi connectivity index (χ0v) is 14.9. The number of nitrogens with zero attached hydrogens (tertiary/aromatic N) is 2. The van der Waals surface area contributed by atoms with E-state index in [9.17, 15) is 0 Å². The SMILES string of the molecule is COc1ccccc1Nc1cc(C)nc(Nc2cc(C)cc(C)c2)n1. The third-order valence-corrected chi connectivity index (χ3v) is 3.70. The molecule has 2 N–H and O–H groups in total.